The Morgan fingerprint density at radius 1 is 1.19 bits per heavy atom. The third kappa shape index (κ3) is 3.77. The number of fused-ring (bicyclic) bond motifs is 1. The number of carbonyl (C=O) groups excluding carboxylic acids is 1. The van der Waals surface area contributed by atoms with Gasteiger partial charge in [-0.2, -0.15) is 5.26 Å². The second-order valence-electron chi connectivity index (χ2n) is 8.00. The van der Waals surface area contributed by atoms with Crippen molar-refractivity contribution in [3.63, 3.8) is 0 Å². The fourth-order valence-corrected chi connectivity index (χ4v) is 4.39. The lowest BCUT2D eigenvalue weighted by Gasteiger charge is -2.23. The van der Waals surface area contributed by atoms with E-state index in [-0.39, 0.29) is 23.9 Å². The van der Waals surface area contributed by atoms with E-state index in [1.54, 1.807) is 18.2 Å². The quantitative estimate of drug-likeness (QED) is 0.790. The molecule has 31 heavy (non-hydrogen) atoms. The molecule has 3 atom stereocenters. The molecule has 2 fully saturated rings. The van der Waals surface area contributed by atoms with Crippen LogP contribution in [0.25, 0.3) is 0 Å². The number of urea groups is 1. The largest absolute Gasteiger partial charge is 0.376 e. The number of nitrogens with one attached hydrogen (secondary N) is 2. The van der Waals surface area contributed by atoms with Gasteiger partial charge in [-0.05, 0) is 24.3 Å². The summed E-state index contributed by atoms with van der Waals surface area (Å²) in [4.78, 5) is 19.4. The molecule has 7 nitrogen and oxygen atoms in total. The Balaban J connectivity index is 1.15. The minimum absolute atomic E-state index is 0.0342. The molecule has 5 rings (SSSR count). The minimum Gasteiger partial charge on any atom is -0.376 e. The van der Waals surface area contributed by atoms with Crippen LogP contribution >= 0.6 is 0 Å². The summed E-state index contributed by atoms with van der Waals surface area (Å²) in [6, 6.07) is 12.5. The number of nitrogens with zero attached hydrogens (tertiary/aromatic N) is 3. The monoisotopic (exact) mass is 423 g/mol. The lowest BCUT2D eigenvalue weighted by Crippen LogP contribution is -2.37. The summed E-state index contributed by atoms with van der Waals surface area (Å²) in [5.74, 6) is -0.672. The van der Waals surface area contributed by atoms with Crippen molar-refractivity contribution in [3.05, 3.63) is 59.7 Å². The normalized spacial score (nSPS) is 25.8. The number of hydrogen-bond acceptors (Lipinski definition) is 5. The summed E-state index contributed by atoms with van der Waals surface area (Å²) < 4.78 is 27.1. The summed E-state index contributed by atoms with van der Waals surface area (Å²) in [5, 5.41) is 18.7. The standard InChI is InChI=1S/C22H19F2N5O2/c23-13-4-5-20(18(24)7-13)29-10-16-17(11-29)21(16)27-22(30)26-14-3-1-2-12(6-14)19-8-15(9-25)31-28-19/h1-7,15-17,21H,8,10-11H2,(H2,26,27,30). The maximum atomic E-state index is 14.0. The molecule has 9 heteroatoms. The first kappa shape index (κ1) is 19.3. The van der Waals surface area contributed by atoms with Crippen LogP contribution in [0.5, 0.6) is 0 Å². The fraction of sp³-hybridized carbons (Fsp3) is 0.318. The van der Waals surface area contributed by atoms with Crippen molar-refractivity contribution in [2.24, 2.45) is 17.0 Å². The molecule has 2 aromatic rings. The predicted molar refractivity (Wildman–Crippen MR) is 110 cm³/mol. The van der Waals surface area contributed by atoms with Crippen molar-refractivity contribution in [1.29, 1.82) is 5.26 Å². The highest BCUT2D eigenvalue weighted by Crippen LogP contribution is 2.47. The number of benzene rings is 2. The van der Waals surface area contributed by atoms with Crippen molar-refractivity contribution in [3.8, 4) is 6.07 Å². The Hall–Kier alpha value is -3.67. The van der Waals surface area contributed by atoms with Gasteiger partial charge in [0.15, 0.2) is 0 Å². The number of halogens is 2. The average Bonchev–Trinajstić information content (AvgIpc) is 3.14. The molecule has 0 spiro atoms. The Morgan fingerprint density at radius 3 is 2.71 bits per heavy atom. The second kappa shape index (κ2) is 7.54. The van der Waals surface area contributed by atoms with E-state index in [1.807, 2.05) is 17.0 Å². The zero-order valence-corrected chi connectivity index (χ0v) is 16.4. The molecular formula is C22H19F2N5O2. The molecule has 3 unspecified atom stereocenters. The van der Waals surface area contributed by atoms with Gasteiger partial charge in [-0.1, -0.05) is 17.3 Å². The highest BCUT2D eigenvalue weighted by Gasteiger charge is 2.56. The van der Waals surface area contributed by atoms with Gasteiger partial charge in [0.05, 0.1) is 11.4 Å². The van der Waals surface area contributed by atoms with E-state index in [9.17, 15) is 13.6 Å². The maximum absolute atomic E-state index is 14.0. The van der Waals surface area contributed by atoms with Gasteiger partial charge in [-0.15, -0.1) is 0 Å². The van der Waals surface area contributed by atoms with Crippen LogP contribution in [0.15, 0.2) is 47.6 Å². The highest BCUT2D eigenvalue weighted by atomic mass is 19.1. The lowest BCUT2D eigenvalue weighted by molar-refractivity contribution is 0.125. The molecule has 2 aliphatic heterocycles. The van der Waals surface area contributed by atoms with Crippen molar-refractivity contribution in [2.75, 3.05) is 23.3 Å². The van der Waals surface area contributed by atoms with Crippen LogP contribution in [0, 0.1) is 34.8 Å². The number of nitriles is 1. The van der Waals surface area contributed by atoms with Crippen molar-refractivity contribution < 1.29 is 18.4 Å². The van der Waals surface area contributed by atoms with Gasteiger partial charge in [-0.3, -0.25) is 0 Å². The van der Waals surface area contributed by atoms with Gasteiger partial charge >= 0.3 is 6.03 Å². The van der Waals surface area contributed by atoms with E-state index in [0.717, 1.165) is 11.6 Å². The van der Waals surface area contributed by atoms with Crippen LogP contribution in [-0.4, -0.2) is 37.0 Å². The summed E-state index contributed by atoms with van der Waals surface area (Å²) >= 11 is 0. The van der Waals surface area contributed by atoms with Crippen LogP contribution in [0.1, 0.15) is 12.0 Å². The van der Waals surface area contributed by atoms with E-state index in [4.69, 9.17) is 10.1 Å². The molecular weight excluding hydrogens is 404 g/mol. The van der Waals surface area contributed by atoms with Gasteiger partial charge in [0.2, 0.25) is 6.10 Å². The molecule has 1 aliphatic carbocycles. The molecule has 2 aromatic carbocycles. The number of oxime groups is 1. The topological polar surface area (TPSA) is 89.8 Å². The van der Waals surface area contributed by atoms with E-state index >= 15 is 0 Å². The Morgan fingerprint density at radius 2 is 2.00 bits per heavy atom. The Bertz CT molecular complexity index is 1100. The predicted octanol–water partition coefficient (Wildman–Crippen LogP) is 3.24. The van der Waals surface area contributed by atoms with Crippen molar-refractivity contribution >= 4 is 23.1 Å². The number of anilines is 2. The molecule has 0 radical (unpaired) electrons. The van der Waals surface area contributed by atoms with E-state index in [1.165, 1.54) is 12.1 Å². The third-order valence-corrected chi connectivity index (χ3v) is 6.01. The van der Waals surface area contributed by atoms with Crippen LogP contribution in [-0.2, 0) is 4.84 Å². The number of carbonyl (C=O) groups is 1. The van der Waals surface area contributed by atoms with Crippen LogP contribution in [0.2, 0.25) is 0 Å². The first-order chi connectivity index (χ1) is 15.0. The first-order valence-corrected chi connectivity index (χ1v) is 10.0. The number of hydrogen-bond donors (Lipinski definition) is 2. The van der Waals surface area contributed by atoms with Crippen LogP contribution in [0.3, 0.4) is 0 Å². The zero-order valence-electron chi connectivity index (χ0n) is 16.4. The van der Waals surface area contributed by atoms with Gasteiger partial charge < -0.3 is 20.4 Å². The van der Waals surface area contributed by atoms with Gasteiger partial charge in [0.25, 0.3) is 0 Å². The van der Waals surface area contributed by atoms with Crippen molar-refractivity contribution in [2.45, 2.75) is 18.6 Å². The van der Waals surface area contributed by atoms with Crippen molar-refractivity contribution in [1.82, 2.24) is 5.32 Å². The summed E-state index contributed by atoms with van der Waals surface area (Å²) in [6.07, 6.45) is -0.171. The molecule has 0 aromatic heterocycles. The fourth-order valence-electron chi connectivity index (χ4n) is 4.39. The number of rotatable bonds is 4. The SMILES string of the molecule is N#CC1CC(c2cccc(NC(=O)NC3C4CN(c5ccc(F)cc5F)CC43)c2)=NO1. The third-order valence-electron chi connectivity index (χ3n) is 6.01. The first-order valence-electron chi connectivity index (χ1n) is 10.0. The molecule has 0 bridgehead atoms. The highest BCUT2D eigenvalue weighted by molar-refractivity contribution is 6.02. The van der Waals surface area contributed by atoms with E-state index in [0.29, 0.717) is 36.6 Å². The Labute approximate surface area is 177 Å². The number of amides is 2. The molecule has 2 N–H and O–H groups in total. The summed E-state index contributed by atoms with van der Waals surface area (Å²) in [5.41, 5.74) is 2.46. The van der Waals surface area contributed by atoms with E-state index in [2.05, 4.69) is 15.8 Å². The molecule has 1 saturated carbocycles. The molecule has 158 valence electrons. The summed E-state index contributed by atoms with van der Waals surface area (Å²) in [6.45, 7) is 1.24. The maximum Gasteiger partial charge on any atom is 0.319 e. The minimum atomic E-state index is -0.594. The van der Waals surface area contributed by atoms with Crippen LogP contribution in [0.4, 0.5) is 25.0 Å². The van der Waals surface area contributed by atoms with Gasteiger partial charge in [0.1, 0.15) is 17.7 Å². The lowest BCUT2D eigenvalue weighted by atomic mass is 10.0. The molecule has 3 aliphatic rings. The average molecular weight is 423 g/mol. The second-order valence-corrected chi connectivity index (χ2v) is 8.00. The number of piperidine rings is 1. The van der Waals surface area contributed by atoms with E-state index < -0.39 is 17.7 Å². The Kier molecular flexibility index (Phi) is 4.70. The van der Waals surface area contributed by atoms with Gasteiger partial charge in [-0.25, -0.2) is 13.6 Å². The zero-order chi connectivity index (χ0) is 21.5. The van der Waals surface area contributed by atoms with Crippen LogP contribution < -0.4 is 15.5 Å². The summed E-state index contributed by atoms with van der Waals surface area (Å²) in [7, 11) is 0. The van der Waals surface area contributed by atoms with Gasteiger partial charge in [0, 0.05) is 54.7 Å². The molecule has 2 heterocycles. The molecule has 2 amide bonds. The molecule has 1 saturated heterocycles. The smallest absolute Gasteiger partial charge is 0.319 e.